The summed E-state index contributed by atoms with van der Waals surface area (Å²) >= 11 is 0. The molecule has 5 nitrogen and oxygen atoms in total. The number of nitrogens with zero attached hydrogens (tertiary/aromatic N) is 3. The first-order chi connectivity index (χ1) is 13.9. The topological polar surface area (TPSA) is 56.1 Å². The van der Waals surface area contributed by atoms with Gasteiger partial charge in [0.25, 0.3) is 0 Å². The van der Waals surface area contributed by atoms with E-state index in [-0.39, 0.29) is 0 Å². The van der Waals surface area contributed by atoms with Gasteiger partial charge in [0, 0.05) is 0 Å². The average molecular weight is 382 g/mol. The molecule has 1 aromatic heterocycles. The summed E-state index contributed by atoms with van der Waals surface area (Å²) in [6, 6.07) is 6.59. The van der Waals surface area contributed by atoms with Gasteiger partial charge in [-0.1, -0.05) is 44.6 Å². The van der Waals surface area contributed by atoms with Crippen LogP contribution in [0.3, 0.4) is 0 Å². The minimum Gasteiger partial charge on any atom is -0.474 e. The molecule has 0 N–H and O–H groups in total. The van der Waals surface area contributed by atoms with E-state index in [9.17, 15) is 0 Å². The lowest BCUT2D eigenvalue weighted by Crippen LogP contribution is -2.22. The molecule has 0 bridgehead atoms. The van der Waals surface area contributed by atoms with Crippen molar-refractivity contribution in [3.05, 3.63) is 29.6 Å². The zero-order chi connectivity index (χ0) is 18.8. The molecule has 0 saturated heterocycles. The molecule has 1 aromatic rings. The molecule has 150 valence electrons. The summed E-state index contributed by atoms with van der Waals surface area (Å²) in [7, 11) is 0. The third-order valence-electron chi connectivity index (χ3n) is 6.92. The Bertz CT molecular complexity index is 689. The molecule has 0 aromatic carbocycles. The lowest BCUT2D eigenvalue weighted by Gasteiger charge is -2.24. The second-order valence-corrected chi connectivity index (χ2v) is 8.83. The van der Waals surface area contributed by atoms with Gasteiger partial charge in [-0.3, -0.25) is 0 Å². The number of rotatable bonds is 4. The maximum Gasteiger partial charge on any atom is 0.235 e. The molecule has 0 amide bonds. The molecule has 28 heavy (non-hydrogen) atoms. The van der Waals surface area contributed by atoms with E-state index in [4.69, 9.17) is 24.4 Å². The van der Waals surface area contributed by atoms with E-state index in [0.29, 0.717) is 48.9 Å². The predicted molar refractivity (Wildman–Crippen MR) is 110 cm³/mol. The Kier molecular flexibility index (Phi) is 5.32. The van der Waals surface area contributed by atoms with Crippen LogP contribution in [0.4, 0.5) is 0 Å². The van der Waals surface area contributed by atoms with Gasteiger partial charge in [0.15, 0.2) is 0 Å². The van der Waals surface area contributed by atoms with Crippen molar-refractivity contribution in [1.29, 1.82) is 0 Å². The third-order valence-corrected chi connectivity index (χ3v) is 6.92. The van der Waals surface area contributed by atoms with Crippen LogP contribution in [0.25, 0.3) is 0 Å². The van der Waals surface area contributed by atoms with Gasteiger partial charge in [-0.05, 0) is 49.7 Å². The third kappa shape index (κ3) is 3.81. The highest BCUT2D eigenvalue weighted by Crippen LogP contribution is 2.32. The number of ether oxygens (including phenoxy) is 2. The van der Waals surface area contributed by atoms with Gasteiger partial charge in [0.05, 0.1) is 12.1 Å². The van der Waals surface area contributed by atoms with Gasteiger partial charge in [-0.2, -0.15) is 0 Å². The Morgan fingerprint density at radius 2 is 1.11 bits per heavy atom. The summed E-state index contributed by atoms with van der Waals surface area (Å²) in [5.74, 6) is 2.74. The van der Waals surface area contributed by atoms with Crippen molar-refractivity contribution in [2.45, 2.75) is 76.3 Å². The van der Waals surface area contributed by atoms with Crippen molar-refractivity contribution < 1.29 is 9.47 Å². The van der Waals surface area contributed by atoms with Crippen LogP contribution < -0.4 is 0 Å². The fraction of sp³-hybridized carbons (Fsp3) is 0.696. The van der Waals surface area contributed by atoms with Crippen molar-refractivity contribution in [3.8, 4) is 0 Å². The molecular formula is C23H31N3O2. The predicted octanol–water partition coefficient (Wildman–Crippen LogP) is 4.53. The second-order valence-electron chi connectivity index (χ2n) is 8.83. The Labute approximate surface area is 167 Å². The molecule has 5 rings (SSSR count). The smallest absolute Gasteiger partial charge is 0.235 e. The monoisotopic (exact) mass is 381 g/mol. The second kappa shape index (κ2) is 8.22. The van der Waals surface area contributed by atoms with E-state index in [0.717, 1.165) is 11.4 Å². The number of aromatic nitrogens is 1. The van der Waals surface area contributed by atoms with E-state index in [1.54, 1.807) is 0 Å². The lowest BCUT2D eigenvalue weighted by molar-refractivity contribution is 0.240. The van der Waals surface area contributed by atoms with Crippen LogP contribution in [-0.4, -0.2) is 42.1 Å². The van der Waals surface area contributed by atoms with E-state index < -0.39 is 0 Å². The van der Waals surface area contributed by atoms with Crippen molar-refractivity contribution >= 4 is 11.8 Å². The fourth-order valence-corrected chi connectivity index (χ4v) is 5.25. The highest BCUT2D eigenvalue weighted by molar-refractivity contribution is 5.97. The Morgan fingerprint density at radius 1 is 0.643 bits per heavy atom. The van der Waals surface area contributed by atoms with E-state index >= 15 is 0 Å². The number of hydrogen-bond acceptors (Lipinski definition) is 5. The standard InChI is InChI=1S/C23H31N3O2/c1-3-8-16(9-4-1)20-14-27-22(25-20)18-12-7-13-19(24-18)23-26-21(15-28-23)17-10-5-2-6-11-17/h7,12-13,16-17,20-21H,1-6,8-11,14-15H2/t20-,21-/m1/s1. The molecule has 0 unspecified atom stereocenters. The summed E-state index contributed by atoms with van der Waals surface area (Å²) in [6.45, 7) is 1.40. The molecule has 3 heterocycles. The van der Waals surface area contributed by atoms with Gasteiger partial charge < -0.3 is 9.47 Å². The largest absolute Gasteiger partial charge is 0.474 e. The van der Waals surface area contributed by atoms with E-state index in [1.807, 2.05) is 18.2 Å². The van der Waals surface area contributed by atoms with Crippen LogP contribution in [0.1, 0.15) is 75.6 Å². The summed E-state index contributed by atoms with van der Waals surface area (Å²) in [5, 5.41) is 0. The first-order valence-electron chi connectivity index (χ1n) is 11.3. The van der Waals surface area contributed by atoms with Crippen LogP contribution >= 0.6 is 0 Å². The number of hydrogen-bond donors (Lipinski definition) is 0. The van der Waals surface area contributed by atoms with Crippen molar-refractivity contribution in [2.24, 2.45) is 21.8 Å². The zero-order valence-corrected chi connectivity index (χ0v) is 16.7. The van der Waals surface area contributed by atoms with Crippen LogP contribution in [0.5, 0.6) is 0 Å². The van der Waals surface area contributed by atoms with Crippen LogP contribution in [0.2, 0.25) is 0 Å². The number of pyridine rings is 1. The maximum absolute atomic E-state index is 5.95. The highest BCUT2D eigenvalue weighted by atomic mass is 16.5. The Morgan fingerprint density at radius 3 is 1.57 bits per heavy atom. The van der Waals surface area contributed by atoms with Crippen LogP contribution in [-0.2, 0) is 9.47 Å². The van der Waals surface area contributed by atoms with Gasteiger partial charge in [0.1, 0.15) is 24.6 Å². The summed E-state index contributed by atoms with van der Waals surface area (Å²) in [5.41, 5.74) is 1.62. The zero-order valence-electron chi connectivity index (χ0n) is 16.7. The van der Waals surface area contributed by atoms with Gasteiger partial charge in [0.2, 0.25) is 11.8 Å². The lowest BCUT2D eigenvalue weighted by atomic mass is 9.84. The maximum atomic E-state index is 5.95. The minimum atomic E-state index is 0.302. The van der Waals surface area contributed by atoms with Crippen molar-refractivity contribution in [2.75, 3.05) is 13.2 Å². The first kappa shape index (κ1) is 18.1. The quantitative estimate of drug-likeness (QED) is 0.770. The van der Waals surface area contributed by atoms with Crippen LogP contribution in [0, 0.1) is 11.8 Å². The van der Waals surface area contributed by atoms with E-state index in [2.05, 4.69) is 0 Å². The molecule has 0 spiro atoms. The van der Waals surface area contributed by atoms with Crippen molar-refractivity contribution in [1.82, 2.24) is 4.98 Å². The molecule has 4 aliphatic rings. The summed E-state index contributed by atoms with van der Waals surface area (Å²) in [4.78, 5) is 14.6. The molecule has 2 atom stereocenters. The molecule has 2 aliphatic carbocycles. The summed E-state index contributed by atoms with van der Waals surface area (Å²) in [6.07, 6.45) is 13.2. The molecular weight excluding hydrogens is 350 g/mol. The highest BCUT2D eigenvalue weighted by Gasteiger charge is 2.31. The Hall–Kier alpha value is -1.91. The minimum absolute atomic E-state index is 0.302. The normalized spacial score (nSPS) is 29.1. The fourth-order valence-electron chi connectivity index (χ4n) is 5.25. The van der Waals surface area contributed by atoms with E-state index in [1.165, 1.54) is 64.2 Å². The summed E-state index contributed by atoms with van der Waals surface area (Å²) < 4.78 is 11.9. The molecule has 2 aliphatic heterocycles. The Balaban J connectivity index is 1.30. The average Bonchev–Trinajstić information content (AvgIpc) is 3.46. The van der Waals surface area contributed by atoms with Gasteiger partial charge in [-0.15, -0.1) is 0 Å². The molecule has 2 fully saturated rings. The SMILES string of the molecule is c1cc(C2=N[C@@H](C3CCCCC3)CO2)nc(C2=N[C@@H](C3CCCCC3)CO2)c1. The van der Waals surface area contributed by atoms with Crippen LogP contribution in [0.15, 0.2) is 28.2 Å². The first-order valence-corrected chi connectivity index (χ1v) is 11.3. The van der Waals surface area contributed by atoms with Gasteiger partial charge in [-0.25, -0.2) is 15.0 Å². The molecule has 0 radical (unpaired) electrons. The molecule has 2 saturated carbocycles. The van der Waals surface area contributed by atoms with Gasteiger partial charge >= 0.3 is 0 Å². The van der Waals surface area contributed by atoms with Crippen molar-refractivity contribution in [3.63, 3.8) is 0 Å². The number of aliphatic imine (C=N–C) groups is 2. The molecule has 5 heteroatoms.